The molecule has 2 rings (SSSR count). The normalized spacial score (nSPS) is 19.4. The largest absolute Gasteiger partial charge is 0.479 e. The van der Waals surface area contributed by atoms with E-state index < -0.39 is 10.0 Å². The number of hydrogen-bond acceptors (Lipinski definition) is 3. The lowest BCUT2D eigenvalue weighted by atomic mass is 10.1. The maximum atomic E-state index is 11.3. The predicted molar refractivity (Wildman–Crippen MR) is 60.7 cm³/mol. The van der Waals surface area contributed by atoms with Crippen LogP contribution in [0.3, 0.4) is 0 Å². The minimum atomic E-state index is -0.763. The molecule has 0 spiro atoms. The molecule has 1 fully saturated rings. The summed E-state index contributed by atoms with van der Waals surface area (Å²) in [5.41, 5.74) is 0.889. The molecule has 1 aliphatic heterocycles. The number of benzene rings is 1. The summed E-state index contributed by atoms with van der Waals surface area (Å²) in [4.78, 5) is 11.3. The molecule has 0 amide bonds. The van der Waals surface area contributed by atoms with Gasteiger partial charge in [-0.1, -0.05) is 30.3 Å². The van der Waals surface area contributed by atoms with Gasteiger partial charge in [0.15, 0.2) is 4.08 Å². The van der Waals surface area contributed by atoms with Crippen molar-refractivity contribution < 1.29 is 9.90 Å². The van der Waals surface area contributed by atoms with Crippen LogP contribution >= 0.6 is 23.5 Å². The zero-order chi connectivity index (χ0) is 10.0. The molecule has 0 aromatic heterocycles. The molecule has 4 heteroatoms. The van der Waals surface area contributed by atoms with Crippen LogP contribution in [0.15, 0.2) is 30.3 Å². The first-order valence-electron chi connectivity index (χ1n) is 4.32. The molecule has 0 aliphatic carbocycles. The number of carboxylic acid groups (broad SMARTS) is 1. The van der Waals surface area contributed by atoms with Crippen LogP contribution in [0.25, 0.3) is 0 Å². The molecule has 74 valence electrons. The molecule has 0 saturated carbocycles. The second kappa shape index (κ2) is 3.87. The molecule has 1 aromatic rings. The maximum absolute atomic E-state index is 11.3. The Morgan fingerprint density at radius 3 is 2.29 bits per heavy atom. The minimum Gasteiger partial charge on any atom is -0.479 e. The fourth-order valence-corrected chi connectivity index (χ4v) is 4.41. The number of carboxylic acids is 1. The van der Waals surface area contributed by atoms with Crippen LogP contribution < -0.4 is 0 Å². The molecular formula is C10H10O2S2. The number of aliphatic carboxylic acids is 1. The van der Waals surface area contributed by atoms with Crippen molar-refractivity contribution in [2.75, 3.05) is 11.5 Å². The van der Waals surface area contributed by atoms with Gasteiger partial charge in [-0.15, -0.1) is 23.5 Å². The van der Waals surface area contributed by atoms with Gasteiger partial charge >= 0.3 is 5.97 Å². The van der Waals surface area contributed by atoms with Crippen LogP contribution in [0, 0.1) is 0 Å². The molecule has 0 bridgehead atoms. The third-order valence-corrected chi connectivity index (χ3v) is 5.55. The highest BCUT2D eigenvalue weighted by Gasteiger charge is 2.44. The van der Waals surface area contributed by atoms with Crippen LogP contribution in [-0.2, 0) is 8.87 Å². The molecule has 1 heterocycles. The van der Waals surface area contributed by atoms with Gasteiger partial charge in [0.05, 0.1) is 0 Å². The second-order valence-corrected chi connectivity index (χ2v) is 5.86. The third kappa shape index (κ3) is 1.53. The fraction of sp³-hybridized carbons (Fsp3) is 0.300. The van der Waals surface area contributed by atoms with Crippen molar-refractivity contribution in [2.45, 2.75) is 4.08 Å². The van der Waals surface area contributed by atoms with Gasteiger partial charge in [-0.3, -0.25) is 0 Å². The first-order chi connectivity index (χ1) is 6.76. The smallest absolute Gasteiger partial charge is 0.334 e. The summed E-state index contributed by atoms with van der Waals surface area (Å²) in [7, 11) is 0. The van der Waals surface area contributed by atoms with Crippen molar-refractivity contribution in [3.05, 3.63) is 35.9 Å². The maximum Gasteiger partial charge on any atom is 0.334 e. The zero-order valence-corrected chi connectivity index (χ0v) is 9.11. The summed E-state index contributed by atoms with van der Waals surface area (Å²) in [5, 5.41) is 9.28. The van der Waals surface area contributed by atoms with E-state index >= 15 is 0 Å². The Kier molecular flexibility index (Phi) is 2.74. The molecule has 0 unspecified atom stereocenters. The van der Waals surface area contributed by atoms with Gasteiger partial charge in [-0.25, -0.2) is 4.79 Å². The Labute approximate surface area is 91.1 Å². The van der Waals surface area contributed by atoms with Crippen LogP contribution in [0.2, 0.25) is 0 Å². The van der Waals surface area contributed by atoms with E-state index in [2.05, 4.69) is 0 Å². The lowest BCUT2D eigenvalue weighted by Crippen LogP contribution is -2.26. The van der Waals surface area contributed by atoms with E-state index in [4.69, 9.17) is 0 Å². The first-order valence-corrected chi connectivity index (χ1v) is 6.30. The van der Waals surface area contributed by atoms with E-state index in [1.54, 1.807) is 0 Å². The minimum absolute atomic E-state index is 0.740. The summed E-state index contributed by atoms with van der Waals surface area (Å²) in [5.74, 6) is 1.08. The lowest BCUT2D eigenvalue weighted by Gasteiger charge is -2.22. The summed E-state index contributed by atoms with van der Waals surface area (Å²) in [6, 6.07) is 9.46. The van der Waals surface area contributed by atoms with Crippen molar-refractivity contribution >= 4 is 29.5 Å². The summed E-state index contributed by atoms with van der Waals surface area (Å²) in [6.45, 7) is 0. The Hall–Kier alpha value is -0.610. The molecule has 1 saturated heterocycles. The van der Waals surface area contributed by atoms with Crippen LogP contribution in [-0.4, -0.2) is 22.6 Å². The third-order valence-electron chi connectivity index (χ3n) is 2.13. The highest BCUT2D eigenvalue weighted by Crippen LogP contribution is 2.51. The van der Waals surface area contributed by atoms with Gasteiger partial charge in [0.25, 0.3) is 0 Å². The zero-order valence-electron chi connectivity index (χ0n) is 7.47. The molecule has 0 radical (unpaired) electrons. The average molecular weight is 226 g/mol. The van der Waals surface area contributed by atoms with Crippen LogP contribution in [0.4, 0.5) is 0 Å². The monoisotopic (exact) mass is 226 g/mol. The van der Waals surface area contributed by atoms with Crippen LogP contribution in [0.1, 0.15) is 5.56 Å². The van der Waals surface area contributed by atoms with E-state index in [-0.39, 0.29) is 0 Å². The highest BCUT2D eigenvalue weighted by molar-refractivity contribution is 8.21. The standard InChI is InChI=1S/C10H10O2S2/c11-9(12)10(13-6-7-14-10)8-4-2-1-3-5-8/h1-5H,6-7H2,(H,11,12). The second-order valence-electron chi connectivity index (χ2n) is 2.98. The summed E-state index contributed by atoms with van der Waals surface area (Å²) >= 11 is 3.03. The van der Waals surface area contributed by atoms with Crippen LogP contribution in [0.5, 0.6) is 0 Å². The number of thioether (sulfide) groups is 2. The quantitative estimate of drug-likeness (QED) is 0.840. The summed E-state index contributed by atoms with van der Waals surface area (Å²) in [6.07, 6.45) is 0. The van der Waals surface area contributed by atoms with Crippen molar-refractivity contribution in [1.29, 1.82) is 0 Å². The number of hydrogen-bond donors (Lipinski definition) is 1. The van der Waals surface area contributed by atoms with Gasteiger partial charge in [-0.2, -0.15) is 0 Å². The van der Waals surface area contributed by atoms with E-state index in [0.717, 1.165) is 17.1 Å². The molecule has 0 atom stereocenters. The average Bonchev–Trinajstić information content (AvgIpc) is 2.69. The molecule has 1 aromatic carbocycles. The van der Waals surface area contributed by atoms with E-state index in [9.17, 15) is 9.90 Å². The van der Waals surface area contributed by atoms with E-state index in [1.165, 1.54) is 23.5 Å². The molecule has 1 N–H and O–H groups in total. The number of carbonyl (C=O) groups is 1. The number of rotatable bonds is 2. The van der Waals surface area contributed by atoms with Crippen molar-refractivity contribution in [3.8, 4) is 0 Å². The Morgan fingerprint density at radius 2 is 1.79 bits per heavy atom. The molecule has 2 nitrogen and oxygen atoms in total. The molecule has 14 heavy (non-hydrogen) atoms. The lowest BCUT2D eigenvalue weighted by molar-refractivity contribution is -0.137. The first kappa shape index (κ1) is 9.93. The SMILES string of the molecule is O=C(O)C1(c2ccccc2)SCCS1. The van der Waals surface area contributed by atoms with Gasteiger partial charge < -0.3 is 5.11 Å². The highest BCUT2D eigenvalue weighted by atomic mass is 32.2. The van der Waals surface area contributed by atoms with E-state index in [1.807, 2.05) is 30.3 Å². The van der Waals surface area contributed by atoms with Gasteiger partial charge in [0.2, 0.25) is 0 Å². The van der Waals surface area contributed by atoms with Gasteiger partial charge in [-0.05, 0) is 5.56 Å². The summed E-state index contributed by atoms with van der Waals surface area (Å²) < 4.78 is -0.763. The van der Waals surface area contributed by atoms with Crippen molar-refractivity contribution in [3.63, 3.8) is 0 Å². The van der Waals surface area contributed by atoms with E-state index in [0.29, 0.717) is 0 Å². The Morgan fingerprint density at radius 1 is 1.21 bits per heavy atom. The van der Waals surface area contributed by atoms with Crippen molar-refractivity contribution in [1.82, 2.24) is 0 Å². The Balaban J connectivity index is 2.42. The topological polar surface area (TPSA) is 37.3 Å². The van der Waals surface area contributed by atoms with Crippen molar-refractivity contribution in [2.24, 2.45) is 0 Å². The van der Waals surface area contributed by atoms with Gasteiger partial charge in [0, 0.05) is 11.5 Å². The fourth-order valence-electron chi connectivity index (χ4n) is 1.48. The van der Waals surface area contributed by atoms with Gasteiger partial charge in [0.1, 0.15) is 0 Å². The molecular weight excluding hydrogens is 216 g/mol. The molecule has 1 aliphatic rings. The Bertz CT molecular complexity index is 331. The predicted octanol–water partition coefficient (Wildman–Crippen LogP) is 2.40.